The molecule has 1 aromatic rings. The zero-order chi connectivity index (χ0) is 23.1. The largest absolute Gasteiger partial charge is 0.507 e. The van der Waals surface area contributed by atoms with Crippen molar-refractivity contribution < 1.29 is 9.90 Å². The van der Waals surface area contributed by atoms with Crippen molar-refractivity contribution in [1.82, 2.24) is 10.2 Å². The molecule has 0 saturated carbocycles. The van der Waals surface area contributed by atoms with E-state index in [0.717, 1.165) is 18.4 Å². The summed E-state index contributed by atoms with van der Waals surface area (Å²) in [6.07, 6.45) is 6.07. The Balaban J connectivity index is 1.74. The Labute approximate surface area is 185 Å². The summed E-state index contributed by atoms with van der Waals surface area (Å²) in [5.74, 6) is 0.332. The molecule has 168 valence electrons. The smallest absolute Gasteiger partial charge is 0.227 e. The van der Waals surface area contributed by atoms with Crippen molar-refractivity contribution in [2.75, 3.05) is 19.0 Å². The molecule has 0 spiro atoms. The van der Waals surface area contributed by atoms with Crippen molar-refractivity contribution in [2.45, 2.75) is 70.5 Å². The van der Waals surface area contributed by atoms with Gasteiger partial charge in [0.1, 0.15) is 11.6 Å². The standard InChI is InChI=1S/C24H35N5O2/c1-23(2)13-16(14-24(3,4)27-23)28(5)21(26)9-8-18(25)17-11-15-7-10-22(31)29(6)19(15)12-20(17)30/h8-9,11-12,16,25-27,30H,7,10,13-14H2,1-6H3/b9-8-,25-18?,26-21?. The molecule has 1 aromatic carbocycles. The maximum Gasteiger partial charge on any atom is 0.227 e. The van der Waals surface area contributed by atoms with E-state index in [-0.39, 0.29) is 34.5 Å². The lowest BCUT2D eigenvalue weighted by atomic mass is 9.79. The number of aromatic hydroxyl groups is 1. The van der Waals surface area contributed by atoms with Crippen LogP contribution in [0.15, 0.2) is 24.3 Å². The topological polar surface area (TPSA) is 104 Å². The van der Waals surface area contributed by atoms with Crippen LogP contribution in [0.4, 0.5) is 5.69 Å². The van der Waals surface area contributed by atoms with Gasteiger partial charge in [0.25, 0.3) is 0 Å². The van der Waals surface area contributed by atoms with Crippen LogP contribution in [0.3, 0.4) is 0 Å². The molecule has 3 rings (SSSR count). The van der Waals surface area contributed by atoms with Crippen molar-refractivity contribution >= 4 is 23.1 Å². The molecule has 0 aliphatic carbocycles. The third-order valence-electron chi connectivity index (χ3n) is 6.34. The average Bonchev–Trinajstić information content (AvgIpc) is 2.65. The summed E-state index contributed by atoms with van der Waals surface area (Å²) in [5, 5.41) is 31.1. The minimum atomic E-state index is -0.0308. The van der Waals surface area contributed by atoms with Gasteiger partial charge in [0.05, 0.1) is 11.4 Å². The quantitative estimate of drug-likeness (QED) is 0.438. The second kappa shape index (κ2) is 8.11. The number of anilines is 1. The Morgan fingerprint density at radius 1 is 1.16 bits per heavy atom. The molecule has 0 aromatic heterocycles. The number of fused-ring (bicyclic) bond motifs is 1. The number of piperidine rings is 1. The zero-order valence-electron chi connectivity index (χ0n) is 19.5. The fraction of sp³-hybridized carbons (Fsp3) is 0.542. The highest BCUT2D eigenvalue weighted by atomic mass is 16.3. The second-order valence-corrected chi connectivity index (χ2v) is 10.1. The Morgan fingerprint density at radius 3 is 2.39 bits per heavy atom. The number of amides is 1. The number of amidine groups is 1. The normalized spacial score (nSPS) is 20.6. The van der Waals surface area contributed by atoms with Crippen LogP contribution in [0, 0.1) is 10.8 Å². The number of nitrogens with one attached hydrogen (secondary N) is 3. The summed E-state index contributed by atoms with van der Waals surface area (Å²) in [5.41, 5.74) is 2.17. The number of nitrogens with zero attached hydrogens (tertiary/aromatic N) is 2. The average molecular weight is 426 g/mol. The van der Waals surface area contributed by atoms with Gasteiger partial charge in [-0.05, 0) is 70.7 Å². The molecule has 2 heterocycles. The van der Waals surface area contributed by atoms with Crippen LogP contribution in [0.2, 0.25) is 0 Å². The first-order valence-corrected chi connectivity index (χ1v) is 10.8. The highest BCUT2D eigenvalue weighted by Crippen LogP contribution is 2.34. The number of aryl methyl sites for hydroxylation is 1. The van der Waals surface area contributed by atoms with E-state index < -0.39 is 0 Å². The predicted molar refractivity (Wildman–Crippen MR) is 126 cm³/mol. The van der Waals surface area contributed by atoms with Crippen molar-refractivity contribution in [1.29, 1.82) is 10.8 Å². The maximum atomic E-state index is 11.9. The first kappa shape index (κ1) is 23.0. The number of hydrogen-bond donors (Lipinski definition) is 4. The first-order chi connectivity index (χ1) is 14.3. The number of phenols is 1. The number of allylic oxidation sites excluding steroid dienone is 1. The molecule has 7 nitrogen and oxygen atoms in total. The van der Waals surface area contributed by atoms with Gasteiger partial charge in [0.15, 0.2) is 0 Å². The number of likely N-dealkylation sites (N-methyl/N-ethyl adjacent to an activating group) is 1. The summed E-state index contributed by atoms with van der Waals surface area (Å²) in [6.45, 7) is 8.75. The molecule has 0 radical (unpaired) electrons. The Bertz CT molecular complexity index is 932. The van der Waals surface area contributed by atoms with E-state index >= 15 is 0 Å². The minimum absolute atomic E-state index is 0.0131. The van der Waals surface area contributed by atoms with E-state index in [0.29, 0.717) is 29.9 Å². The van der Waals surface area contributed by atoms with Gasteiger partial charge < -0.3 is 25.6 Å². The van der Waals surface area contributed by atoms with Gasteiger partial charge in [-0.25, -0.2) is 0 Å². The lowest BCUT2D eigenvalue weighted by molar-refractivity contribution is -0.118. The second-order valence-electron chi connectivity index (χ2n) is 10.1. The van der Waals surface area contributed by atoms with Gasteiger partial charge in [0.2, 0.25) is 5.91 Å². The van der Waals surface area contributed by atoms with Gasteiger partial charge >= 0.3 is 0 Å². The third-order valence-corrected chi connectivity index (χ3v) is 6.34. The van der Waals surface area contributed by atoms with Crippen LogP contribution in [-0.2, 0) is 11.2 Å². The molecular formula is C24H35N5O2. The fourth-order valence-corrected chi connectivity index (χ4v) is 5.00. The molecule has 2 aliphatic heterocycles. The number of hydrogen-bond acceptors (Lipinski definition) is 5. The molecule has 1 amide bonds. The molecule has 1 fully saturated rings. The van der Waals surface area contributed by atoms with E-state index in [1.807, 2.05) is 11.9 Å². The number of rotatable bonds is 4. The lowest BCUT2D eigenvalue weighted by Gasteiger charge is -2.49. The van der Waals surface area contributed by atoms with Crippen LogP contribution < -0.4 is 10.2 Å². The maximum absolute atomic E-state index is 11.9. The Hall–Kier alpha value is -2.67. The van der Waals surface area contributed by atoms with Crippen molar-refractivity contribution in [3.63, 3.8) is 0 Å². The highest BCUT2D eigenvalue weighted by molar-refractivity contribution is 6.12. The summed E-state index contributed by atoms with van der Waals surface area (Å²) in [4.78, 5) is 15.4. The zero-order valence-corrected chi connectivity index (χ0v) is 19.5. The van der Waals surface area contributed by atoms with Crippen LogP contribution >= 0.6 is 0 Å². The van der Waals surface area contributed by atoms with Crippen LogP contribution in [0.25, 0.3) is 0 Å². The molecule has 0 bridgehead atoms. The highest BCUT2D eigenvalue weighted by Gasteiger charge is 2.39. The van der Waals surface area contributed by atoms with Gasteiger partial charge in [-0.15, -0.1) is 0 Å². The number of phenolic OH excluding ortho intramolecular Hbond substituents is 1. The van der Waals surface area contributed by atoms with E-state index in [2.05, 4.69) is 33.0 Å². The van der Waals surface area contributed by atoms with Gasteiger partial charge in [-0.1, -0.05) is 0 Å². The summed E-state index contributed by atoms with van der Waals surface area (Å²) < 4.78 is 0. The summed E-state index contributed by atoms with van der Waals surface area (Å²) in [6, 6.07) is 3.56. The SMILES string of the molecule is CN1C(=O)CCc2cc(C(=N)/C=C\C(=N)N(C)C3CC(C)(C)NC(C)(C)C3)c(O)cc21. The summed E-state index contributed by atoms with van der Waals surface area (Å²) >= 11 is 0. The van der Waals surface area contributed by atoms with Crippen molar-refractivity contribution in [3.05, 3.63) is 35.4 Å². The van der Waals surface area contributed by atoms with Crippen LogP contribution in [-0.4, -0.2) is 58.7 Å². The van der Waals surface area contributed by atoms with E-state index in [4.69, 9.17) is 10.8 Å². The fourth-order valence-electron chi connectivity index (χ4n) is 5.00. The van der Waals surface area contributed by atoms with Crippen molar-refractivity contribution in [2.24, 2.45) is 0 Å². The number of carbonyl (C=O) groups excluding carboxylic acids is 1. The molecule has 7 heteroatoms. The predicted octanol–water partition coefficient (Wildman–Crippen LogP) is 3.44. The number of carbonyl (C=O) groups is 1. The number of benzene rings is 1. The van der Waals surface area contributed by atoms with Gasteiger partial charge in [0, 0.05) is 49.3 Å². The Morgan fingerprint density at radius 2 is 1.77 bits per heavy atom. The van der Waals surface area contributed by atoms with Crippen LogP contribution in [0.5, 0.6) is 5.75 Å². The lowest BCUT2D eigenvalue weighted by Crippen LogP contribution is -2.62. The van der Waals surface area contributed by atoms with E-state index in [9.17, 15) is 9.90 Å². The third kappa shape index (κ3) is 4.98. The van der Waals surface area contributed by atoms with Gasteiger partial charge in [-0.2, -0.15) is 0 Å². The molecule has 4 N–H and O–H groups in total. The van der Waals surface area contributed by atoms with E-state index in [1.54, 1.807) is 36.2 Å². The van der Waals surface area contributed by atoms with Gasteiger partial charge in [-0.3, -0.25) is 10.2 Å². The molecular weight excluding hydrogens is 390 g/mol. The first-order valence-electron chi connectivity index (χ1n) is 10.8. The molecule has 0 unspecified atom stereocenters. The molecule has 31 heavy (non-hydrogen) atoms. The Kier molecular flexibility index (Phi) is 6.02. The summed E-state index contributed by atoms with van der Waals surface area (Å²) in [7, 11) is 3.63. The molecule has 0 atom stereocenters. The minimum Gasteiger partial charge on any atom is -0.507 e. The van der Waals surface area contributed by atoms with Crippen LogP contribution in [0.1, 0.15) is 58.1 Å². The molecule has 2 aliphatic rings. The van der Waals surface area contributed by atoms with E-state index in [1.165, 1.54) is 0 Å². The monoisotopic (exact) mass is 425 g/mol. The molecule has 1 saturated heterocycles. The van der Waals surface area contributed by atoms with Crippen molar-refractivity contribution in [3.8, 4) is 5.75 Å².